The molecule has 1 amide bonds. The normalized spacial score (nSPS) is 20.7. The molecular weight excluding hydrogens is 270 g/mol. The van der Waals surface area contributed by atoms with E-state index in [1.807, 2.05) is 0 Å². The van der Waals surface area contributed by atoms with Crippen LogP contribution in [0.25, 0.3) is 0 Å². The molecule has 0 saturated heterocycles. The van der Waals surface area contributed by atoms with Crippen LogP contribution >= 0.6 is 0 Å². The first-order valence-electron chi connectivity index (χ1n) is 6.31. The quantitative estimate of drug-likeness (QED) is 0.632. The molecular formula is C13H12F2N2O3. The summed E-state index contributed by atoms with van der Waals surface area (Å²) in [4.78, 5) is 24.0. The summed E-state index contributed by atoms with van der Waals surface area (Å²) in [6.07, 6.45) is -0.426. The van der Waals surface area contributed by atoms with Crippen LogP contribution in [0.2, 0.25) is 0 Å². The van der Waals surface area contributed by atoms with Gasteiger partial charge in [-0.15, -0.1) is 0 Å². The Morgan fingerprint density at radius 2 is 2.10 bits per heavy atom. The van der Waals surface area contributed by atoms with E-state index in [0.717, 1.165) is 0 Å². The maximum Gasteiger partial charge on any atom is 0.282 e. The van der Waals surface area contributed by atoms with Crippen molar-refractivity contribution in [2.75, 3.05) is 6.54 Å². The van der Waals surface area contributed by atoms with Crippen LogP contribution in [0.5, 0.6) is 0 Å². The predicted octanol–water partition coefficient (Wildman–Crippen LogP) is 2.60. The molecule has 3 rings (SSSR count). The molecule has 106 valence electrons. The van der Waals surface area contributed by atoms with Gasteiger partial charge in [0.2, 0.25) is 5.92 Å². The minimum atomic E-state index is -2.62. The second kappa shape index (κ2) is 4.22. The van der Waals surface area contributed by atoms with Gasteiger partial charge >= 0.3 is 0 Å². The highest BCUT2D eigenvalue weighted by Crippen LogP contribution is 2.43. The number of hydrogen-bond acceptors (Lipinski definition) is 3. The Morgan fingerprint density at radius 1 is 1.40 bits per heavy atom. The van der Waals surface area contributed by atoms with Gasteiger partial charge in [0.05, 0.1) is 4.92 Å². The fourth-order valence-electron chi connectivity index (χ4n) is 2.93. The summed E-state index contributed by atoms with van der Waals surface area (Å²) in [6, 6.07) is 4.48. The number of halogens is 2. The second-order valence-corrected chi connectivity index (χ2v) is 5.38. The van der Waals surface area contributed by atoms with Crippen molar-refractivity contribution in [3.63, 3.8) is 0 Å². The first-order valence-corrected chi connectivity index (χ1v) is 6.31. The van der Waals surface area contributed by atoms with Gasteiger partial charge in [-0.05, 0) is 11.5 Å². The average Bonchev–Trinajstić information content (AvgIpc) is 2.64. The molecule has 5 nitrogen and oxygen atoms in total. The van der Waals surface area contributed by atoms with E-state index in [4.69, 9.17) is 0 Å². The van der Waals surface area contributed by atoms with Crippen molar-refractivity contribution in [2.24, 2.45) is 5.92 Å². The summed E-state index contributed by atoms with van der Waals surface area (Å²) in [7, 11) is 0. The van der Waals surface area contributed by atoms with E-state index in [1.54, 1.807) is 6.07 Å². The summed E-state index contributed by atoms with van der Waals surface area (Å²) < 4.78 is 25.6. The van der Waals surface area contributed by atoms with E-state index >= 15 is 0 Å². The van der Waals surface area contributed by atoms with Gasteiger partial charge in [0, 0.05) is 32.0 Å². The van der Waals surface area contributed by atoms with Crippen molar-refractivity contribution in [1.82, 2.24) is 4.90 Å². The van der Waals surface area contributed by atoms with Crippen LogP contribution < -0.4 is 0 Å². The third-order valence-corrected chi connectivity index (χ3v) is 3.84. The lowest BCUT2D eigenvalue weighted by atomic mass is 9.81. The zero-order chi connectivity index (χ0) is 14.5. The molecule has 0 radical (unpaired) electrons. The van der Waals surface area contributed by atoms with Gasteiger partial charge < -0.3 is 4.90 Å². The van der Waals surface area contributed by atoms with Gasteiger partial charge in [0.15, 0.2) is 0 Å². The third kappa shape index (κ3) is 2.03. The maximum absolute atomic E-state index is 12.8. The number of fused-ring (bicyclic) bond motifs is 1. The Hall–Kier alpha value is -2.05. The van der Waals surface area contributed by atoms with Crippen molar-refractivity contribution in [3.05, 3.63) is 39.4 Å². The highest BCUT2D eigenvalue weighted by molar-refractivity contribution is 6.02. The zero-order valence-corrected chi connectivity index (χ0v) is 10.5. The molecule has 1 aliphatic heterocycles. The Kier molecular flexibility index (Phi) is 2.74. The minimum absolute atomic E-state index is 0.101. The topological polar surface area (TPSA) is 63.4 Å². The van der Waals surface area contributed by atoms with Crippen LogP contribution in [0.3, 0.4) is 0 Å². The molecule has 2 aliphatic rings. The number of nitrogens with zero attached hydrogens (tertiary/aromatic N) is 2. The molecule has 20 heavy (non-hydrogen) atoms. The van der Waals surface area contributed by atoms with E-state index in [2.05, 4.69) is 0 Å². The Labute approximate surface area is 113 Å². The van der Waals surface area contributed by atoms with Gasteiger partial charge in [-0.1, -0.05) is 12.1 Å². The van der Waals surface area contributed by atoms with Crippen LogP contribution in [-0.4, -0.2) is 28.2 Å². The molecule has 0 atom stereocenters. The van der Waals surface area contributed by atoms with E-state index in [9.17, 15) is 23.7 Å². The molecule has 1 aromatic carbocycles. The van der Waals surface area contributed by atoms with E-state index in [-0.39, 0.29) is 43.1 Å². The lowest BCUT2D eigenvalue weighted by Gasteiger charge is -2.37. The van der Waals surface area contributed by atoms with Gasteiger partial charge in [0.25, 0.3) is 11.6 Å². The molecule has 0 N–H and O–H groups in total. The largest absolute Gasteiger partial charge is 0.334 e. The lowest BCUT2D eigenvalue weighted by Crippen LogP contribution is -2.42. The van der Waals surface area contributed by atoms with Crippen molar-refractivity contribution in [3.8, 4) is 0 Å². The summed E-state index contributed by atoms with van der Waals surface area (Å²) >= 11 is 0. The number of nitro groups is 1. The van der Waals surface area contributed by atoms with Gasteiger partial charge in [-0.25, -0.2) is 8.78 Å². The first-order chi connectivity index (χ1) is 9.37. The molecule has 1 fully saturated rings. The molecule has 0 aromatic heterocycles. The summed E-state index contributed by atoms with van der Waals surface area (Å²) in [5.74, 6) is -3.27. The Balaban J connectivity index is 1.78. The molecule has 1 aromatic rings. The number of rotatable bonds is 3. The number of hydrogen-bond donors (Lipinski definition) is 0. The monoisotopic (exact) mass is 282 g/mol. The number of benzene rings is 1. The van der Waals surface area contributed by atoms with E-state index < -0.39 is 16.8 Å². The van der Waals surface area contributed by atoms with Crippen LogP contribution in [0, 0.1) is 16.0 Å². The number of amides is 1. The second-order valence-electron chi connectivity index (χ2n) is 5.38. The van der Waals surface area contributed by atoms with Crippen molar-refractivity contribution < 1.29 is 18.5 Å². The van der Waals surface area contributed by atoms with Crippen LogP contribution in [0.4, 0.5) is 14.5 Å². The summed E-state index contributed by atoms with van der Waals surface area (Å²) in [5.41, 5.74) is 0.479. The summed E-state index contributed by atoms with van der Waals surface area (Å²) in [6.45, 7) is 0.498. The lowest BCUT2D eigenvalue weighted by molar-refractivity contribution is -0.385. The van der Waals surface area contributed by atoms with Crippen molar-refractivity contribution >= 4 is 11.6 Å². The maximum atomic E-state index is 12.8. The van der Waals surface area contributed by atoms with Crippen LogP contribution in [0.15, 0.2) is 18.2 Å². The number of nitro benzene ring substituents is 1. The molecule has 1 aliphatic carbocycles. The average molecular weight is 282 g/mol. The van der Waals surface area contributed by atoms with E-state index in [1.165, 1.54) is 17.0 Å². The van der Waals surface area contributed by atoms with Gasteiger partial charge in [-0.3, -0.25) is 14.9 Å². The molecule has 0 unspecified atom stereocenters. The predicted molar refractivity (Wildman–Crippen MR) is 65.5 cm³/mol. The molecule has 7 heteroatoms. The fraction of sp³-hybridized carbons (Fsp3) is 0.462. The molecule has 1 heterocycles. The van der Waals surface area contributed by atoms with E-state index in [0.29, 0.717) is 5.56 Å². The smallest absolute Gasteiger partial charge is 0.282 e. The SMILES string of the molecule is O=C1c2c(cccc2[N+](=O)[O-])CN1CC1CC(F)(F)C1. The summed E-state index contributed by atoms with van der Waals surface area (Å²) in [5, 5.41) is 10.9. The molecule has 0 spiro atoms. The number of carbonyl (C=O) groups is 1. The Bertz CT molecular complexity index is 595. The number of alkyl halides is 2. The zero-order valence-electron chi connectivity index (χ0n) is 10.5. The highest BCUT2D eigenvalue weighted by atomic mass is 19.3. The number of carbonyl (C=O) groups excluding carboxylic acids is 1. The molecule has 1 saturated carbocycles. The fourth-order valence-corrected chi connectivity index (χ4v) is 2.93. The minimum Gasteiger partial charge on any atom is -0.334 e. The Morgan fingerprint density at radius 3 is 2.70 bits per heavy atom. The van der Waals surface area contributed by atoms with Gasteiger partial charge in [0.1, 0.15) is 5.56 Å². The van der Waals surface area contributed by atoms with Gasteiger partial charge in [-0.2, -0.15) is 0 Å². The van der Waals surface area contributed by atoms with Crippen molar-refractivity contribution in [1.29, 1.82) is 0 Å². The van der Waals surface area contributed by atoms with Crippen LogP contribution in [0.1, 0.15) is 28.8 Å². The standard InChI is InChI=1S/C13H12F2N2O3/c14-13(15)4-8(5-13)6-16-7-9-2-1-3-10(17(19)20)11(9)12(16)18/h1-3,8H,4-7H2. The highest BCUT2D eigenvalue weighted by Gasteiger charge is 2.47. The van der Waals surface area contributed by atoms with Crippen LogP contribution in [-0.2, 0) is 6.54 Å². The first kappa shape index (κ1) is 13.0. The molecule has 0 bridgehead atoms. The third-order valence-electron chi connectivity index (χ3n) is 3.84. The van der Waals surface area contributed by atoms with Crippen molar-refractivity contribution in [2.45, 2.75) is 25.3 Å².